The Morgan fingerprint density at radius 3 is 3.12 bits per heavy atom. The summed E-state index contributed by atoms with van der Waals surface area (Å²) in [6.07, 6.45) is 7.52. The molecule has 0 N–H and O–H groups in total. The first-order chi connectivity index (χ1) is 11.8. The molecule has 2 atom stereocenters. The minimum atomic E-state index is 0.118. The van der Waals surface area contributed by atoms with Gasteiger partial charge in [-0.15, -0.1) is 11.3 Å². The van der Waals surface area contributed by atoms with Gasteiger partial charge in [-0.2, -0.15) is 10.1 Å². The van der Waals surface area contributed by atoms with E-state index >= 15 is 0 Å². The third kappa shape index (κ3) is 3.14. The normalized spacial score (nSPS) is 20.3. The smallest absolute Gasteiger partial charge is 0.244 e. The summed E-state index contributed by atoms with van der Waals surface area (Å²) in [5.74, 6) is 1.39. The Morgan fingerprint density at radius 1 is 1.38 bits per heavy atom. The summed E-state index contributed by atoms with van der Waals surface area (Å²) in [4.78, 5) is 8.16. The first-order valence-electron chi connectivity index (χ1n) is 8.42. The van der Waals surface area contributed by atoms with E-state index < -0.39 is 0 Å². The topological polar surface area (TPSA) is 60.0 Å². The van der Waals surface area contributed by atoms with Crippen molar-refractivity contribution in [2.75, 3.05) is 6.54 Å². The Balaban J connectivity index is 1.52. The summed E-state index contributed by atoms with van der Waals surface area (Å²) in [6, 6.07) is 6.56. The molecular formula is C17H21N5OS. The van der Waals surface area contributed by atoms with E-state index in [9.17, 15) is 0 Å². The van der Waals surface area contributed by atoms with Gasteiger partial charge in [-0.3, -0.25) is 9.58 Å². The fraction of sp³-hybridized carbons (Fsp3) is 0.471. The van der Waals surface area contributed by atoms with Gasteiger partial charge in [0.1, 0.15) is 0 Å². The molecule has 1 fully saturated rings. The van der Waals surface area contributed by atoms with Crippen LogP contribution in [0.5, 0.6) is 0 Å². The molecule has 0 radical (unpaired) electrons. The fourth-order valence-corrected chi connectivity index (χ4v) is 4.05. The Labute approximate surface area is 145 Å². The maximum Gasteiger partial charge on any atom is 0.244 e. The van der Waals surface area contributed by atoms with Gasteiger partial charge in [0, 0.05) is 18.4 Å². The predicted molar refractivity (Wildman–Crippen MR) is 92.6 cm³/mol. The molecule has 0 amide bonds. The molecule has 0 unspecified atom stereocenters. The van der Waals surface area contributed by atoms with Crippen molar-refractivity contribution in [3.05, 3.63) is 41.9 Å². The van der Waals surface area contributed by atoms with Crippen LogP contribution in [0.3, 0.4) is 0 Å². The van der Waals surface area contributed by atoms with Crippen molar-refractivity contribution < 1.29 is 4.52 Å². The summed E-state index contributed by atoms with van der Waals surface area (Å²) in [6.45, 7) is 4.13. The zero-order chi connectivity index (χ0) is 16.4. The maximum absolute atomic E-state index is 5.57. The van der Waals surface area contributed by atoms with E-state index in [1.807, 2.05) is 40.7 Å². The van der Waals surface area contributed by atoms with Gasteiger partial charge >= 0.3 is 0 Å². The van der Waals surface area contributed by atoms with Gasteiger partial charge in [0.25, 0.3) is 0 Å². The molecule has 1 aliphatic rings. The molecule has 3 aromatic heterocycles. The van der Waals surface area contributed by atoms with Crippen molar-refractivity contribution in [1.29, 1.82) is 0 Å². The number of likely N-dealkylation sites (tertiary alicyclic amines) is 1. The van der Waals surface area contributed by atoms with Crippen LogP contribution in [0.25, 0.3) is 10.7 Å². The molecule has 3 aromatic rings. The van der Waals surface area contributed by atoms with Crippen molar-refractivity contribution >= 4 is 11.3 Å². The number of piperidine rings is 1. The SMILES string of the molecule is C[C@H](c1nc(-c2cccs2)no1)N1CCCC[C@H]1Cn1cccn1. The van der Waals surface area contributed by atoms with Gasteiger partial charge < -0.3 is 4.52 Å². The van der Waals surface area contributed by atoms with Crippen LogP contribution < -0.4 is 0 Å². The van der Waals surface area contributed by atoms with Crippen molar-refractivity contribution in [3.63, 3.8) is 0 Å². The highest BCUT2D eigenvalue weighted by Crippen LogP contribution is 2.30. The second kappa shape index (κ2) is 6.86. The zero-order valence-corrected chi connectivity index (χ0v) is 14.5. The lowest BCUT2D eigenvalue weighted by atomic mass is 10.00. The van der Waals surface area contributed by atoms with Gasteiger partial charge in [0.05, 0.1) is 17.5 Å². The number of hydrogen-bond acceptors (Lipinski definition) is 6. The quantitative estimate of drug-likeness (QED) is 0.708. The van der Waals surface area contributed by atoms with E-state index in [1.54, 1.807) is 11.3 Å². The fourth-order valence-electron chi connectivity index (χ4n) is 3.41. The summed E-state index contributed by atoms with van der Waals surface area (Å²) in [5, 5.41) is 10.5. The number of aromatic nitrogens is 4. The van der Waals surface area contributed by atoms with Crippen molar-refractivity contribution in [1.82, 2.24) is 24.8 Å². The molecule has 0 spiro atoms. The second-order valence-corrected chi connectivity index (χ2v) is 7.17. The monoisotopic (exact) mass is 343 g/mol. The molecule has 4 rings (SSSR count). The van der Waals surface area contributed by atoms with E-state index in [2.05, 4.69) is 27.1 Å². The predicted octanol–water partition coefficient (Wildman–Crippen LogP) is 3.61. The van der Waals surface area contributed by atoms with Crippen LogP contribution in [0.1, 0.15) is 38.1 Å². The maximum atomic E-state index is 5.57. The third-order valence-electron chi connectivity index (χ3n) is 4.67. The lowest BCUT2D eigenvalue weighted by Gasteiger charge is -2.38. The number of nitrogens with zero attached hydrogens (tertiary/aromatic N) is 5. The van der Waals surface area contributed by atoms with Crippen LogP contribution >= 0.6 is 11.3 Å². The van der Waals surface area contributed by atoms with Crippen molar-refractivity contribution in [2.45, 2.75) is 44.8 Å². The van der Waals surface area contributed by atoms with E-state index in [1.165, 1.54) is 19.3 Å². The summed E-state index contributed by atoms with van der Waals surface area (Å²) < 4.78 is 7.58. The molecule has 4 heterocycles. The highest BCUT2D eigenvalue weighted by Gasteiger charge is 2.30. The van der Waals surface area contributed by atoms with Gasteiger partial charge in [-0.05, 0) is 43.8 Å². The average molecular weight is 343 g/mol. The summed E-state index contributed by atoms with van der Waals surface area (Å²) in [5.41, 5.74) is 0. The third-order valence-corrected chi connectivity index (χ3v) is 5.53. The molecule has 126 valence electrons. The molecule has 1 aliphatic heterocycles. The van der Waals surface area contributed by atoms with Crippen molar-refractivity contribution in [3.8, 4) is 10.7 Å². The van der Waals surface area contributed by atoms with Crippen LogP contribution in [0.15, 0.2) is 40.5 Å². The minimum absolute atomic E-state index is 0.118. The number of rotatable bonds is 5. The molecule has 6 nitrogen and oxygen atoms in total. The van der Waals surface area contributed by atoms with E-state index in [4.69, 9.17) is 4.52 Å². The summed E-state index contributed by atoms with van der Waals surface area (Å²) >= 11 is 1.63. The summed E-state index contributed by atoms with van der Waals surface area (Å²) in [7, 11) is 0. The highest BCUT2D eigenvalue weighted by atomic mass is 32.1. The van der Waals surface area contributed by atoms with Gasteiger partial charge in [0.2, 0.25) is 11.7 Å². The van der Waals surface area contributed by atoms with Crippen LogP contribution in [-0.2, 0) is 6.54 Å². The largest absolute Gasteiger partial charge is 0.337 e. The van der Waals surface area contributed by atoms with Gasteiger partial charge in [-0.25, -0.2) is 0 Å². The van der Waals surface area contributed by atoms with Gasteiger partial charge in [0.15, 0.2) is 0 Å². The zero-order valence-electron chi connectivity index (χ0n) is 13.7. The lowest BCUT2D eigenvalue weighted by Crippen LogP contribution is -2.43. The van der Waals surface area contributed by atoms with E-state index in [0.29, 0.717) is 17.8 Å². The minimum Gasteiger partial charge on any atom is -0.337 e. The molecule has 1 saturated heterocycles. The number of thiophene rings is 1. The lowest BCUT2D eigenvalue weighted by molar-refractivity contribution is 0.0720. The Bertz CT molecular complexity index is 752. The van der Waals surface area contributed by atoms with Crippen molar-refractivity contribution in [2.24, 2.45) is 0 Å². The molecule has 0 aromatic carbocycles. The molecule has 24 heavy (non-hydrogen) atoms. The van der Waals surface area contributed by atoms with Crippen LogP contribution in [0.4, 0.5) is 0 Å². The molecule has 0 saturated carbocycles. The molecule has 0 bridgehead atoms. The first kappa shape index (κ1) is 15.5. The van der Waals surface area contributed by atoms with Gasteiger partial charge in [-0.1, -0.05) is 17.6 Å². The Morgan fingerprint density at radius 2 is 2.33 bits per heavy atom. The van der Waals surface area contributed by atoms with Crippen LogP contribution in [0, 0.1) is 0 Å². The van der Waals surface area contributed by atoms with E-state index in [0.717, 1.165) is 18.0 Å². The Kier molecular flexibility index (Phi) is 4.44. The Hall–Kier alpha value is -1.99. The van der Waals surface area contributed by atoms with E-state index in [-0.39, 0.29) is 6.04 Å². The highest BCUT2D eigenvalue weighted by molar-refractivity contribution is 7.13. The first-order valence-corrected chi connectivity index (χ1v) is 9.30. The molecular weight excluding hydrogens is 322 g/mol. The van der Waals surface area contributed by atoms with Crippen LogP contribution in [-0.4, -0.2) is 37.4 Å². The average Bonchev–Trinajstić information content (AvgIpc) is 3.35. The molecule has 0 aliphatic carbocycles. The number of hydrogen-bond donors (Lipinski definition) is 0. The van der Waals surface area contributed by atoms with Crippen LogP contribution in [0.2, 0.25) is 0 Å². The standard InChI is InChI=1S/C17H21N5OS/c1-13(17-19-16(20-23-17)15-7-4-11-24-15)22-10-3-2-6-14(22)12-21-9-5-8-18-21/h4-5,7-9,11,13-14H,2-3,6,10,12H2,1H3/t13-,14+/m1/s1. The molecule has 7 heteroatoms. The second-order valence-electron chi connectivity index (χ2n) is 6.23.